The van der Waals surface area contributed by atoms with E-state index in [2.05, 4.69) is 5.32 Å². The van der Waals surface area contributed by atoms with Crippen molar-refractivity contribution in [3.05, 3.63) is 69.2 Å². The van der Waals surface area contributed by atoms with Gasteiger partial charge in [-0.25, -0.2) is 0 Å². The predicted molar refractivity (Wildman–Crippen MR) is 122 cm³/mol. The second-order valence-electron chi connectivity index (χ2n) is 8.10. The van der Waals surface area contributed by atoms with Gasteiger partial charge in [0.25, 0.3) is 0 Å². The third kappa shape index (κ3) is 5.99. The van der Waals surface area contributed by atoms with Crippen molar-refractivity contribution in [1.82, 2.24) is 10.2 Å². The van der Waals surface area contributed by atoms with Crippen molar-refractivity contribution in [2.75, 3.05) is 0 Å². The zero-order valence-corrected chi connectivity index (χ0v) is 19.0. The maximum Gasteiger partial charge on any atom is 0.242 e. The molecule has 0 bridgehead atoms. The van der Waals surface area contributed by atoms with Crippen molar-refractivity contribution >= 4 is 35.0 Å². The van der Waals surface area contributed by atoms with E-state index < -0.39 is 6.04 Å². The maximum absolute atomic E-state index is 13.3. The number of rotatable bonds is 7. The highest BCUT2D eigenvalue weighted by Crippen LogP contribution is 2.24. The largest absolute Gasteiger partial charge is 0.352 e. The molecule has 1 aliphatic carbocycles. The third-order valence-electron chi connectivity index (χ3n) is 5.64. The molecule has 0 heterocycles. The van der Waals surface area contributed by atoms with Crippen LogP contribution in [0.25, 0.3) is 0 Å². The summed E-state index contributed by atoms with van der Waals surface area (Å²) in [5, 5.41) is 3.99. The van der Waals surface area contributed by atoms with Gasteiger partial charge in [-0.05, 0) is 49.9 Å². The van der Waals surface area contributed by atoms with E-state index in [1.807, 2.05) is 31.2 Å². The first-order chi connectivity index (χ1) is 14.3. The van der Waals surface area contributed by atoms with E-state index in [9.17, 15) is 9.59 Å². The minimum absolute atomic E-state index is 0.1000. The Morgan fingerprint density at radius 3 is 2.47 bits per heavy atom. The molecular formula is C24H28Cl2N2O2. The summed E-state index contributed by atoms with van der Waals surface area (Å²) in [6.07, 6.45) is 4.45. The summed E-state index contributed by atoms with van der Waals surface area (Å²) in [5.41, 5.74) is 2.89. The number of carbonyl (C=O) groups is 2. The fourth-order valence-corrected chi connectivity index (χ4v) is 4.23. The molecule has 2 aromatic rings. The summed E-state index contributed by atoms with van der Waals surface area (Å²) < 4.78 is 0. The first-order valence-corrected chi connectivity index (χ1v) is 11.2. The number of carbonyl (C=O) groups excluding carboxylic acids is 2. The molecule has 1 N–H and O–H groups in total. The Balaban J connectivity index is 1.78. The molecule has 3 rings (SSSR count). The van der Waals surface area contributed by atoms with Crippen molar-refractivity contribution in [1.29, 1.82) is 0 Å². The lowest BCUT2D eigenvalue weighted by Crippen LogP contribution is -2.50. The molecule has 0 unspecified atom stereocenters. The van der Waals surface area contributed by atoms with Crippen LogP contribution in [0.2, 0.25) is 10.0 Å². The molecule has 0 aliphatic heterocycles. The number of hydrogen-bond acceptors (Lipinski definition) is 2. The van der Waals surface area contributed by atoms with Crippen molar-refractivity contribution in [2.45, 2.75) is 64.6 Å². The lowest BCUT2D eigenvalue weighted by molar-refractivity contribution is -0.140. The minimum atomic E-state index is -0.568. The van der Waals surface area contributed by atoms with Gasteiger partial charge >= 0.3 is 0 Å². The van der Waals surface area contributed by atoms with Gasteiger partial charge in [-0.1, -0.05) is 71.9 Å². The van der Waals surface area contributed by atoms with Gasteiger partial charge in [0.1, 0.15) is 6.04 Å². The summed E-state index contributed by atoms with van der Waals surface area (Å²) in [6.45, 7) is 4.19. The van der Waals surface area contributed by atoms with Crippen LogP contribution in [0.15, 0.2) is 42.5 Å². The molecule has 160 valence electrons. The van der Waals surface area contributed by atoms with Crippen LogP contribution in [0.1, 0.15) is 49.3 Å². The summed E-state index contributed by atoms with van der Waals surface area (Å²) >= 11 is 12.1. The van der Waals surface area contributed by atoms with Gasteiger partial charge in [0.05, 0.1) is 16.5 Å². The van der Waals surface area contributed by atoms with Gasteiger partial charge in [0.2, 0.25) is 11.8 Å². The molecule has 30 heavy (non-hydrogen) atoms. The van der Waals surface area contributed by atoms with E-state index in [1.54, 1.807) is 30.0 Å². The summed E-state index contributed by atoms with van der Waals surface area (Å²) in [7, 11) is 0. The molecule has 0 radical (unpaired) electrons. The van der Waals surface area contributed by atoms with E-state index in [1.165, 1.54) is 0 Å². The Hall–Kier alpha value is -2.04. The van der Waals surface area contributed by atoms with Gasteiger partial charge in [0.15, 0.2) is 0 Å². The average Bonchev–Trinajstić information content (AvgIpc) is 3.21. The molecule has 0 spiro atoms. The first-order valence-electron chi connectivity index (χ1n) is 10.4. The van der Waals surface area contributed by atoms with E-state index >= 15 is 0 Å². The highest BCUT2D eigenvalue weighted by Gasteiger charge is 2.28. The van der Waals surface area contributed by atoms with Crippen LogP contribution in [0.5, 0.6) is 0 Å². The standard InChI is InChI=1S/C24H28Cl2N2O2/c1-16-6-5-7-19(12-16)15-28(17(2)24(30)27-20-8-3-4-9-20)23(29)14-18-10-11-21(25)22(26)13-18/h5-7,10-13,17,20H,3-4,8-9,14-15H2,1-2H3,(H,27,30)/t17-/m0/s1. The number of hydrogen-bond donors (Lipinski definition) is 1. The normalized spacial score (nSPS) is 15.1. The Morgan fingerprint density at radius 2 is 1.80 bits per heavy atom. The quantitative estimate of drug-likeness (QED) is 0.625. The van der Waals surface area contributed by atoms with Crippen molar-refractivity contribution in [3.63, 3.8) is 0 Å². The zero-order chi connectivity index (χ0) is 21.7. The Bertz CT molecular complexity index is 910. The molecule has 1 fully saturated rings. The molecular weight excluding hydrogens is 419 g/mol. The fraction of sp³-hybridized carbons (Fsp3) is 0.417. The van der Waals surface area contributed by atoms with Crippen LogP contribution in [-0.4, -0.2) is 28.8 Å². The van der Waals surface area contributed by atoms with Gasteiger partial charge in [-0.3, -0.25) is 9.59 Å². The highest BCUT2D eigenvalue weighted by atomic mass is 35.5. The molecule has 6 heteroatoms. The summed E-state index contributed by atoms with van der Waals surface area (Å²) in [4.78, 5) is 27.8. The summed E-state index contributed by atoms with van der Waals surface area (Å²) in [5.74, 6) is -0.221. The number of nitrogens with zero attached hydrogens (tertiary/aromatic N) is 1. The number of aryl methyl sites for hydroxylation is 1. The average molecular weight is 447 g/mol. The smallest absolute Gasteiger partial charge is 0.242 e. The first kappa shape index (κ1) is 22.6. The monoisotopic (exact) mass is 446 g/mol. The molecule has 0 saturated heterocycles. The fourth-order valence-electron chi connectivity index (χ4n) is 3.91. The summed E-state index contributed by atoms with van der Waals surface area (Å²) in [6, 6.07) is 12.8. The molecule has 0 aromatic heterocycles. The third-order valence-corrected chi connectivity index (χ3v) is 6.38. The van der Waals surface area contributed by atoms with E-state index in [0.717, 1.165) is 42.4 Å². The molecule has 2 aromatic carbocycles. The van der Waals surface area contributed by atoms with Crippen LogP contribution in [0, 0.1) is 6.92 Å². The highest BCUT2D eigenvalue weighted by molar-refractivity contribution is 6.42. The van der Waals surface area contributed by atoms with Crippen molar-refractivity contribution in [2.24, 2.45) is 0 Å². The molecule has 2 amide bonds. The van der Waals surface area contributed by atoms with Crippen LogP contribution >= 0.6 is 23.2 Å². The topological polar surface area (TPSA) is 49.4 Å². The number of halogens is 2. The van der Waals surface area contributed by atoms with E-state index in [4.69, 9.17) is 23.2 Å². The van der Waals surface area contributed by atoms with Gasteiger partial charge in [-0.15, -0.1) is 0 Å². The Labute approximate surface area is 188 Å². The Morgan fingerprint density at radius 1 is 1.07 bits per heavy atom. The van der Waals surface area contributed by atoms with Crippen molar-refractivity contribution < 1.29 is 9.59 Å². The lowest BCUT2D eigenvalue weighted by Gasteiger charge is -2.30. The van der Waals surface area contributed by atoms with Gasteiger partial charge in [0, 0.05) is 12.6 Å². The Kier molecular flexibility index (Phi) is 7.79. The van der Waals surface area contributed by atoms with Gasteiger partial charge < -0.3 is 10.2 Å². The zero-order valence-electron chi connectivity index (χ0n) is 17.5. The number of nitrogens with one attached hydrogen (secondary N) is 1. The van der Waals surface area contributed by atoms with Crippen molar-refractivity contribution in [3.8, 4) is 0 Å². The van der Waals surface area contributed by atoms with E-state index in [0.29, 0.717) is 16.6 Å². The SMILES string of the molecule is Cc1cccc(CN(C(=O)Cc2ccc(Cl)c(Cl)c2)[C@@H](C)C(=O)NC2CCCC2)c1. The minimum Gasteiger partial charge on any atom is -0.352 e. The molecule has 1 atom stereocenters. The van der Waals surface area contributed by atoms with E-state index in [-0.39, 0.29) is 24.3 Å². The molecule has 4 nitrogen and oxygen atoms in total. The molecule has 1 saturated carbocycles. The van der Waals surface area contributed by atoms with Crippen LogP contribution in [-0.2, 0) is 22.6 Å². The van der Waals surface area contributed by atoms with Crippen LogP contribution in [0.4, 0.5) is 0 Å². The molecule has 1 aliphatic rings. The second kappa shape index (κ2) is 10.3. The van der Waals surface area contributed by atoms with Gasteiger partial charge in [-0.2, -0.15) is 0 Å². The number of amides is 2. The number of benzene rings is 2. The van der Waals surface area contributed by atoms with Crippen LogP contribution < -0.4 is 5.32 Å². The second-order valence-corrected chi connectivity index (χ2v) is 8.92. The van der Waals surface area contributed by atoms with Crippen LogP contribution in [0.3, 0.4) is 0 Å². The maximum atomic E-state index is 13.3. The lowest BCUT2D eigenvalue weighted by atomic mass is 10.1. The predicted octanol–water partition coefficient (Wildman–Crippen LogP) is 5.32.